The maximum absolute atomic E-state index is 13.7. The number of nitrogens with zero attached hydrogens (tertiary/aromatic N) is 3. The molecule has 220 valence electrons. The first-order valence-corrected chi connectivity index (χ1v) is 15.3. The third-order valence-electron chi connectivity index (χ3n) is 8.58. The van der Waals surface area contributed by atoms with E-state index >= 15 is 0 Å². The fourth-order valence-electron chi connectivity index (χ4n) is 6.46. The van der Waals surface area contributed by atoms with Gasteiger partial charge in [-0.15, -0.1) is 0 Å². The maximum atomic E-state index is 13.7. The van der Waals surface area contributed by atoms with E-state index in [1.54, 1.807) is 0 Å². The minimum atomic E-state index is -0.747. The number of hydrogen-bond donors (Lipinski definition) is 1. The summed E-state index contributed by atoms with van der Waals surface area (Å²) in [6.45, 7) is 10.8. The van der Waals surface area contributed by atoms with E-state index in [1.165, 1.54) is 5.56 Å². The molecule has 1 N–H and O–H groups in total. The van der Waals surface area contributed by atoms with Crippen LogP contribution in [0, 0.1) is 11.8 Å². The Kier molecular flexibility index (Phi) is 11.7. The number of carboxylic acid groups (broad SMARTS) is 1. The zero-order valence-electron chi connectivity index (χ0n) is 25.5. The number of carbonyl (C=O) groups is 2. The van der Waals surface area contributed by atoms with Crippen molar-refractivity contribution in [3.8, 4) is 5.75 Å². The lowest BCUT2D eigenvalue weighted by Crippen LogP contribution is -2.45. The van der Waals surface area contributed by atoms with Gasteiger partial charge in [-0.05, 0) is 48.8 Å². The summed E-state index contributed by atoms with van der Waals surface area (Å²) in [5, 5.41) is 10.5. The summed E-state index contributed by atoms with van der Waals surface area (Å²) in [6, 6.07) is 6.06. The van der Waals surface area contributed by atoms with Crippen LogP contribution >= 0.6 is 0 Å². The molecule has 0 bridgehead atoms. The number of hydrogen-bond acceptors (Lipinski definition) is 4. The van der Waals surface area contributed by atoms with Gasteiger partial charge >= 0.3 is 5.97 Å². The van der Waals surface area contributed by atoms with E-state index in [9.17, 15) is 14.7 Å². The highest BCUT2D eigenvalue weighted by Crippen LogP contribution is 2.42. The van der Waals surface area contributed by atoms with E-state index in [-0.39, 0.29) is 17.9 Å². The van der Waals surface area contributed by atoms with Gasteiger partial charge in [0.2, 0.25) is 5.91 Å². The molecule has 7 nitrogen and oxygen atoms in total. The Balaban J connectivity index is 1.80. The second-order valence-electron chi connectivity index (χ2n) is 13.0. The first-order chi connectivity index (χ1) is 18.5. The van der Waals surface area contributed by atoms with Crippen molar-refractivity contribution < 1.29 is 23.9 Å². The third-order valence-corrected chi connectivity index (χ3v) is 8.58. The molecule has 1 aromatic rings. The standard InChI is InChI=1S/C32H53N3O4/c1-7-9-16-33(17-10-11-18-35(4,5)6)30(36)23-34-22-27(25-13-14-29-26(21-25)15-19-39-29)31(32(37)38)28(34)20-24(3)12-8-2/h13-14,21,24,27-28,31H,7-12,15-20,22-23H2,1-6H3/p+1. The lowest BCUT2D eigenvalue weighted by Gasteiger charge is -2.31. The maximum Gasteiger partial charge on any atom is 0.308 e. The van der Waals surface area contributed by atoms with Crippen LogP contribution in [-0.2, 0) is 16.0 Å². The highest BCUT2D eigenvalue weighted by molar-refractivity contribution is 5.79. The molecular weight excluding hydrogens is 490 g/mol. The second kappa shape index (κ2) is 14.5. The topological polar surface area (TPSA) is 70.1 Å². The molecule has 1 fully saturated rings. The number of rotatable bonds is 16. The number of carboxylic acids is 1. The number of quaternary nitrogens is 1. The Labute approximate surface area is 237 Å². The molecule has 0 saturated carbocycles. The third kappa shape index (κ3) is 8.94. The number of amides is 1. The van der Waals surface area contributed by atoms with Crippen molar-refractivity contribution >= 4 is 11.9 Å². The molecule has 7 heteroatoms. The van der Waals surface area contributed by atoms with Crippen LogP contribution in [0.1, 0.15) is 82.8 Å². The number of ether oxygens (including phenoxy) is 1. The molecule has 39 heavy (non-hydrogen) atoms. The molecule has 0 aliphatic carbocycles. The molecule has 3 rings (SSSR count). The number of fused-ring (bicyclic) bond motifs is 1. The van der Waals surface area contributed by atoms with Crippen molar-refractivity contribution in [2.45, 2.75) is 84.1 Å². The molecule has 4 unspecified atom stereocenters. The fourth-order valence-corrected chi connectivity index (χ4v) is 6.46. The fraction of sp³-hybridized carbons (Fsp3) is 0.750. The van der Waals surface area contributed by atoms with E-state index in [0.29, 0.717) is 25.6 Å². The monoisotopic (exact) mass is 544 g/mol. The van der Waals surface area contributed by atoms with Gasteiger partial charge in [0.15, 0.2) is 0 Å². The summed E-state index contributed by atoms with van der Waals surface area (Å²) in [6.07, 6.45) is 7.96. The van der Waals surface area contributed by atoms with Crippen molar-refractivity contribution in [3.05, 3.63) is 29.3 Å². The number of carbonyl (C=O) groups excluding carboxylic acids is 1. The van der Waals surface area contributed by atoms with E-state index in [4.69, 9.17) is 4.74 Å². The van der Waals surface area contributed by atoms with Gasteiger partial charge in [-0.3, -0.25) is 14.5 Å². The first kappa shape index (κ1) is 31.4. The predicted molar refractivity (Wildman–Crippen MR) is 157 cm³/mol. The molecule has 1 saturated heterocycles. The van der Waals surface area contributed by atoms with E-state index in [2.05, 4.69) is 52.9 Å². The summed E-state index contributed by atoms with van der Waals surface area (Å²) in [7, 11) is 6.61. The Morgan fingerprint density at radius 1 is 1.13 bits per heavy atom. The second-order valence-corrected chi connectivity index (χ2v) is 13.0. The van der Waals surface area contributed by atoms with Gasteiger partial charge in [-0.2, -0.15) is 0 Å². The van der Waals surface area contributed by atoms with Crippen molar-refractivity contribution in [1.29, 1.82) is 0 Å². The Morgan fingerprint density at radius 3 is 2.54 bits per heavy atom. The zero-order valence-corrected chi connectivity index (χ0v) is 25.5. The van der Waals surface area contributed by atoms with Crippen molar-refractivity contribution in [1.82, 2.24) is 9.80 Å². The summed E-state index contributed by atoms with van der Waals surface area (Å²) in [5.41, 5.74) is 2.24. The summed E-state index contributed by atoms with van der Waals surface area (Å²) in [5.74, 6) is 0.0799. The number of likely N-dealkylation sites (tertiary alicyclic amines) is 1. The Hall–Kier alpha value is -2.12. The van der Waals surface area contributed by atoms with Gasteiger partial charge < -0.3 is 19.2 Å². The van der Waals surface area contributed by atoms with Gasteiger partial charge in [0.1, 0.15) is 5.75 Å². The molecule has 2 heterocycles. The van der Waals surface area contributed by atoms with Gasteiger partial charge in [0, 0.05) is 38.0 Å². The minimum absolute atomic E-state index is 0.131. The predicted octanol–water partition coefficient (Wildman–Crippen LogP) is 5.03. The SMILES string of the molecule is CCCCN(CCCC[N+](C)(C)C)C(=O)CN1CC(c2ccc3c(c2)CCO3)C(C(=O)O)C1CC(C)CCC. The van der Waals surface area contributed by atoms with Crippen LogP contribution in [0.3, 0.4) is 0 Å². The van der Waals surface area contributed by atoms with Crippen LogP contribution < -0.4 is 4.74 Å². The largest absolute Gasteiger partial charge is 0.493 e. The average molecular weight is 545 g/mol. The summed E-state index contributed by atoms with van der Waals surface area (Å²) >= 11 is 0. The molecule has 2 aliphatic rings. The van der Waals surface area contributed by atoms with E-state index in [1.807, 2.05) is 17.0 Å². The molecule has 0 spiro atoms. The zero-order chi connectivity index (χ0) is 28.6. The van der Waals surface area contributed by atoms with Crippen molar-refractivity contribution in [2.75, 3.05) is 60.5 Å². The summed E-state index contributed by atoms with van der Waals surface area (Å²) in [4.78, 5) is 30.8. The molecule has 1 amide bonds. The highest BCUT2D eigenvalue weighted by atomic mass is 16.5. The minimum Gasteiger partial charge on any atom is -0.493 e. The van der Waals surface area contributed by atoms with Crippen LogP contribution in [0.4, 0.5) is 0 Å². The number of aliphatic carboxylic acids is 1. The van der Waals surface area contributed by atoms with Gasteiger partial charge in [-0.1, -0.05) is 52.2 Å². The van der Waals surface area contributed by atoms with Crippen LogP contribution in [0.15, 0.2) is 18.2 Å². The first-order valence-electron chi connectivity index (χ1n) is 15.3. The number of unbranched alkanes of at least 4 members (excludes halogenated alkanes) is 2. The van der Waals surface area contributed by atoms with Gasteiger partial charge in [-0.25, -0.2) is 0 Å². The molecular formula is C32H54N3O4+. The van der Waals surface area contributed by atoms with Crippen LogP contribution in [-0.4, -0.2) is 97.8 Å². The van der Waals surface area contributed by atoms with Gasteiger partial charge in [0.25, 0.3) is 0 Å². The van der Waals surface area contributed by atoms with Crippen LogP contribution in [0.5, 0.6) is 5.75 Å². The quantitative estimate of drug-likeness (QED) is 0.233. The smallest absolute Gasteiger partial charge is 0.308 e. The molecule has 0 radical (unpaired) electrons. The van der Waals surface area contributed by atoms with Crippen LogP contribution in [0.2, 0.25) is 0 Å². The average Bonchev–Trinajstić information content (AvgIpc) is 3.47. The van der Waals surface area contributed by atoms with Crippen LogP contribution in [0.25, 0.3) is 0 Å². The van der Waals surface area contributed by atoms with E-state index in [0.717, 1.165) is 86.8 Å². The van der Waals surface area contributed by atoms with Gasteiger partial charge in [0.05, 0.1) is 46.8 Å². The van der Waals surface area contributed by atoms with Crippen molar-refractivity contribution in [2.24, 2.45) is 11.8 Å². The molecule has 4 atom stereocenters. The lowest BCUT2D eigenvalue weighted by molar-refractivity contribution is -0.870. The lowest BCUT2D eigenvalue weighted by atomic mass is 9.81. The van der Waals surface area contributed by atoms with E-state index < -0.39 is 11.9 Å². The normalized spacial score (nSPS) is 21.9. The Morgan fingerprint density at radius 2 is 1.87 bits per heavy atom. The Bertz CT molecular complexity index is 944. The summed E-state index contributed by atoms with van der Waals surface area (Å²) < 4.78 is 6.64. The van der Waals surface area contributed by atoms with Crippen molar-refractivity contribution in [3.63, 3.8) is 0 Å². The molecule has 2 aliphatic heterocycles. The number of benzene rings is 1. The molecule has 1 aromatic carbocycles. The molecule has 0 aromatic heterocycles. The highest BCUT2D eigenvalue weighted by Gasteiger charge is 2.47.